The highest BCUT2D eigenvalue weighted by Gasteiger charge is 2.29. The fourth-order valence-electron chi connectivity index (χ4n) is 3.71. The molecular weight excluding hydrogens is 426 g/mol. The molecule has 1 fully saturated rings. The van der Waals surface area contributed by atoms with Gasteiger partial charge in [-0.1, -0.05) is 60.3 Å². The van der Waals surface area contributed by atoms with E-state index >= 15 is 0 Å². The van der Waals surface area contributed by atoms with Gasteiger partial charge in [-0.2, -0.15) is 0 Å². The number of benzene rings is 2. The fourth-order valence-corrected chi connectivity index (χ4v) is 4.03. The molecule has 0 heterocycles. The van der Waals surface area contributed by atoms with Crippen LogP contribution in [0.25, 0.3) is 0 Å². The van der Waals surface area contributed by atoms with Crippen molar-refractivity contribution in [2.75, 3.05) is 0 Å². The third-order valence-corrected chi connectivity index (χ3v) is 6.25. The number of nitrogens with zero attached hydrogens (tertiary/aromatic N) is 1. The van der Waals surface area contributed by atoms with E-state index in [1.807, 2.05) is 0 Å². The second-order valence-corrected chi connectivity index (χ2v) is 8.52. The Hall–Kier alpha value is -2.11. The predicted octanol–water partition coefficient (Wildman–Crippen LogP) is 5.15. The van der Waals surface area contributed by atoms with Crippen LogP contribution in [0.5, 0.6) is 0 Å². The molecule has 4 nitrogen and oxygen atoms in total. The van der Waals surface area contributed by atoms with E-state index in [4.69, 9.17) is 23.2 Å². The lowest BCUT2D eigenvalue weighted by molar-refractivity contribution is -0.140. The highest BCUT2D eigenvalue weighted by Crippen LogP contribution is 2.24. The maximum absolute atomic E-state index is 14.3. The molecule has 1 saturated carbocycles. The third-order valence-electron chi connectivity index (χ3n) is 5.51. The van der Waals surface area contributed by atoms with Gasteiger partial charge in [-0.25, -0.2) is 4.39 Å². The molecule has 0 aliphatic heterocycles. The first-order valence-corrected chi connectivity index (χ1v) is 10.9. The van der Waals surface area contributed by atoms with Crippen LogP contribution in [0, 0.1) is 5.82 Å². The Morgan fingerprint density at radius 1 is 1.13 bits per heavy atom. The molecule has 1 N–H and O–H groups in total. The average Bonchev–Trinajstić information content (AvgIpc) is 3.22. The molecule has 0 aromatic heterocycles. The monoisotopic (exact) mass is 450 g/mol. The van der Waals surface area contributed by atoms with Crippen molar-refractivity contribution >= 4 is 35.0 Å². The van der Waals surface area contributed by atoms with E-state index in [2.05, 4.69) is 5.32 Å². The van der Waals surface area contributed by atoms with Crippen LogP contribution >= 0.6 is 23.2 Å². The van der Waals surface area contributed by atoms with Crippen molar-refractivity contribution in [1.82, 2.24) is 10.2 Å². The zero-order chi connectivity index (χ0) is 21.7. The Bertz CT molecular complexity index is 916. The summed E-state index contributed by atoms with van der Waals surface area (Å²) in [5.74, 6) is -0.917. The molecular formula is C23H25Cl2FN2O2. The second-order valence-electron chi connectivity index (χ2n) is 7.70. The Morgan fingerprint density at radius 2 is 1.83 bits per heavy atom. The minimum atomic E-state index is -0.736. The highest BCUT2D eigenvalue weighted by atomic mass is 35.5. The number of carbonyl (C=O) groups excluding carboxylic acids is 2. The van der Waals surface area contributed by atoms with Gasteiger partial charge in [-0.05, 0) is 43.5 Å². The normalized spacial score (nSPS) is 15.1. The number of carbonyl (C=O) groups is 2. The summed E-state index contributed by atoms with van der Waals surface area (Å²) in [6.45, 7) is 1.68. The first-order valence-electron chi connectivity index (χ1n) is 10.1. The van der Waals surface area contributed by atoms with Gasteiger partial charge in [0.25, 0.3) is 0 Å². The summed E-state index contributed by atoms with van der Waals surface area (Å²) in [7, 11) is 0. The molecule has 2 aromatic rings. The van der Waals surface area contributed by atoms with Crippen molar-refractivity contribution in [3.05, 3.63) is 69.5 Å². The maximum atomic E-state index is 14.3. The molecule has 30 heavy (non-hydrogen) atoms. The minimum Gasteiger partial charge on any atom is -0.352 e. The van der Waals surface area contributed by atoms with Crippen LogP contribution < -0.4 is 5.32 Å². The van der Waals surface area contributed by atoms with Crippen LogP contribution in [-0.4, -0.2) is 28.8 Å². The summed E-state index contributed by atoms with van der Waals surface area (Å²) in [6, 6.07) is 10.7. The average molecular weight is 451 g/mol. The molecule has 0 bridgehead atoms. The van der Waals surface area contributed by atoms with Crippen LogP contribution in [0.3, 0.4) is 0 Å². The lowest BCUT2D eigenvalue weighted by atomic mass is 10.1. The molecule has 0 spiro atoms. The first kappa shape index (κ1) is 22.6. The van der Waals surface area contributed by atoms with Crippen molar-refractivity contribution in [1.29, 1.82) is 0 Å². The Morgan fingerprint density at radius 3 is 2.50 bits per heavy atom. The van der Waals surface area contributed by atoms with E-state index in [0.717, 1.165) is 25.7 Å². The van der Waals surface area contributed by atoms with Gasteiger partial charge in [0.05, 0.1) is 16.5 Å². The van der Waals surface area contributed by atoms with Gasteiger partial charge in [0, 0.05) is 18.2 Å². The van der Waals surface area contributed by atoms with Gasteiger partial charge in [0.15, 0.2) is 0 Å². The standard InChI is InChI=1S/C23H25Cl2FN2O2/c1-15(23(30)27-18-7-3-4-8-18)28(14-17-6-2-5-9-21(17)26)22(29)13-16-10-11-19(24)20(25)12-16/h2,5-6,9-12,15,18H,3-4,7-8,13-14H2,1H3,(H,27,30)/t15-/m1/s1. The van der Waals surface area contributed by atoms with E-state index in [9.17, 15) is 14.0 Å². The summed E-state index contributed by atoms with van der Waals surface area (Å²) >= 11 is 12.0. The third kappa shape index (κ3) is 5.73. The largest absolute Gasteiger partial charge is 0.352 e. The molecule has 0 unspecified atom stereocenters. The number of hydrogen-bond donors (Lipinski definition) is 1. The van der Waals surface area contributed by atoms with Crippen LogP contribution in [0.4, 0.5) is 4.39 Å². The van der Waals surface area contributed by atoms with Gasteiger partial charge in [0.2, 0.25) is 11.8 Å². The van der Waals surface area contributed by atoms with Crippen LogP contribution in [-0.2, 0) is 22.6 Å². The SMILES string of the molecule is C[C@H](C(=O)NC1CCCC1)N(Cc1ccccc1F)C(=O)Cc1ccc(Cl)c(Cl)c1. The second kappa shape index (κ2) is 10.3. The van der Waals surface area contributed by atoms with E-state index < -0.39 is 11.9 Å². The van der Waals surface area contributed by atoms with Crippen LogP contribution in [0.15, 0.2) is 42.5 Å². The topological polar surface area (TPSA) is 49.4 Å². The van der Waals surface area contributed by atoms with Gasteiger partial charge in [0.1, 0.15) is 11.9 Å². The maximum Gasteiger partial charge on any atom is 0.242 e. The van der Waals surface area contributed by atoms with Crippen molar-refractivity contribution in [3.63, 3.8) is 0 Å². The van der Waals surface area contributed by atoms with Gasteiger partial charge >= 0.3 is 0 Å². The molecule has 1 atom stereocenters. The number of amides is 2. The zero-order valence-corrected chi connectivity index (χ0v) is 18.3. The van der Waals surface area contributed by atoms with E-state index in [0.29, 0.717) is 21.2 Å². The Balaban J connectivity index is 1.79. The number of hydrogen-bond acceptors (Lipinski definition) is 2. The molecule has 160 valence electrons. The molecule has 0 saturated heterocycles. The molecule has 3 rings (SSSR count). The van der Waals surface area contributed by atoms with Gasteiger partial charge in [-0.3, -0.25) is 9.59 Å². The molecule has 7 heteroatoms. The summed E-state index contributed by atoms with van der Waals surface area (Å²) in [4.78, 5) is 27.4. The predicted molar refractivity (Wildman–Crippen MR) is 117 cm³/mol. The van der Waals surface area contributed by atoms with E-state index in [1.54, 1.807) is 43.3 Å². The van der Waals surface area contributed by atoms with E-state index in [1.165, 1.54) is 11.0 Å². The lowest BCUT2D eigenvalue weighted by Crippen LogP contribution is -2.50. The molecule has 2 aromatic carbocycles. The smallest absolute Gasteiger partial charge is 0.242 e. The van der Waals surface area contributed by atoms with Gasteiger partial charge in [-0.15, -0.1) is 0 Å². The molecule has 1 aliphatic carbocycles. The van der Waals surface area contributed by atoms with Gasteiger partial charge < -0.3 is 10.2 Å². The Kier molecular flexibility index (Phi) is 7.73. The number of nitrogens with one attached hydrogen (secondary N) is 1. The lowest BCUT2D eigenvalue weighted by Gasteiger charge is -2.30. The minimum absolute atomic E-state index is 0.00603. The molecule has 1 aliphatic rings. The van der Waals surface area contributed by atoms with E-state index in [-0.39, 0.29) is 30.8 Å². The highest BCUT2D eigenvalue weighted by molar-refractivity contribution is 6.42. The quantitative estimate of drug-likeness (QED) is 0.633. The molecule has 0 radical (unpaired) electrons. The summed E-state index contributed by atoms with van der Waals surface area (Å²) in [5, 5.41) is 3.79. The van der Waals surface area contributed by atoms with Crippen LogP contribution in [0.1, 0.15) is 43.7 Å². The summed E-state index contributed by atoms with van der Waals surface area (Å²) in [6.07, 6.45) is 4.11. The van der Waals surface area contributed by atoms with Crippen LogP contribution in [0.2, 0.25) is 10.0 Å². The first-order chi connectivity index (χ1) is 14.3. The summed E-state index contributed by atoms with van der Waals surface area (Å²) in [5.41, 5.74) is 1.04. The summed E-state index contributed by atoms with van der Waals surface area (Å²) < 4.78 is 14.3. The fraction of sp³-hybridized carbons (Fsp3) is 0.391. The molecule has 2 amide bonds. The van der Waals surface area contributed by atoms with Crippen molar-refractivity contribution in [3.8, 4) is 0 Å². The van der Waals surface area contributed by atoms with Crippen molar-refractivity contribution in [2.24, 2.45) is 0 Å². The Labute approximate surface area is 186 Å². The zero-order valence-electron chi connectivity index (χ0n) is 16.8. The van der Waals surface area contributed by atoms with Crippen molar-refractivity contribution in [2.45, 2.75) is 57.7 Å². The number of rotatable bonds is 7. The van der Waals surface area contributed by atoms with Crippen molar-refractivity contribution < 1.29 is 14.0 Å². The number of halogens is 3.